The molecule has 86 valence electrons. The summed E-state index contributed by atoms with van der Waals surface area (Å²) in [5, 5.41) is 2.97. The predicted molar refractivity (Wildman–Crippen MR) is 63.9 cm³/mol. The molecule has 0 spiro atoms. The second-order valence-electron chi connectivity index (χ2n) is 4.48. The summed E-state index contributed by atoms with van der Waals surface area (Å²) in [6.45, 7) is 1.18. The predicted octanol–water partition coefficient (Wildman–Crippen LogP) is 1.08. The van der Waals surface area contributed by atoms with Crippen molar-refractivity contribution in [1.29, 1.82) is 0 Å². The smallest absolute Gasteiger partial charge is 0.227 e. The molecule has 0 aromatic heterocycles. The van der Waals surface area contributed by atoms with E-state index in [-0.39, 0.29) is 11.3 Å². The minimum atomic E-state index is -0.226. The monoisotopic (exact) mass is 218 g/mol. The molecule has 0 aliphatic heterocycles. The first kappa shape index (κ1) is 11.1. The van der Waals surface area contributed by atoms with Crippen molar-refractivity contribution in [3.63, 3.8) is 0 Å². The van der Waals surface area contributed by atoms with Crippen LogP contribution in [0.5, 0.6) is 0 Å². The van der Waals surface area contributed by atoms with Gasteiger partial charge in [0, 0.05) is 13.1 Å². The molecule has 1 aromatic rings. The van der Waals surface area contributed by atoms with Gasteiger partial charge in [0.15, 0.2) is 0 Å². The molecule has 0 atom stereocenters. The zero-order chi connectivity index (χ0) is 11.4. The molecule has 1 aliphatic rings. The second kappa shape index (κ2) is 4.66. The van der Waals surface area contributed by atoms with Crippen LogP contribution in [0.4, 0.5) is 0 Å². The lowest BCUT2D eigenvalue weighted by molar-refractivity contribution is -0.125. The minimum Gasteiger partial charge on any atom is -0.355 e. The van der Waals surface area contributed by atoms with E-state index in [0.29, 0.717) is 13.1 Å². The topological polar surface area (TPSA) is 55.1 Å². The van der Waals surface area contributed by atoms with Gasteiger partial charge in [-0.05, 0) is 24.8 Å². The Bertz CT molecular complexity index is 357. The molecule has 0 bridgehead atoms. The molecule has 0 heterocycles. The average Bonchev–Trinajstić information content (AvgIpc) is 3.11. The number of amides is 1. The number of hydrogen-bond acceptors (Lipinski definition) is 2. The van der Waals surface area contributed by atoms with Gasteiger partial charge in [-0.25, -0.2) is 0 Å². The van der Waals surface area contributed by atoms with E-state index in [1.54, 1.807) is 0 Å². The average molecular weight is 218 g/mol. The maximum absolute atomic E-state index is 11.8. The summed E-state index contributed by atoms with van der Waals surface area (Å²) < 4.78 is 0. The Kier molecular flexibility index (Phi) is 3.25. The van der Waals surface area contributed by atoms with Gasteiger partial charge in [-0.15, -0.1) is 0 Å². The van der Waals surface area contributed by atoms with E-state index in [1.165, 1.54) is 5.56 Å². The first-order valence-corrected chi connectivity index (χ1v) is 5.79. The highest BCUT2D eigenvalue weighted by Crippen LogP contribution is 2.44. The van der Waals surface area contributed by atoms with Crippen LogP contribution in [-0.2, 0) is 11.2 Å². The summed E-state index contributed by atoms with van der Waals surface area (Å²) in [4.78, 5) is 11.8. The van der Waals surface area contributed by atoms with Crippen LogP contribution in [0.3, 0.4) is 0 Å². The Morgan fingerprint density at radius 2 is 2.00 bits per heavy atom. The van der Waals surface area contributed by atoms with Crippen LogP contribution in [0.15, 0.2) is 30.3 Å². The van der Waals surface area contributed by atoms with Crippen LogP contribution >= 0.6 is 0 Å². The fourth-order valence-electron chi connectivity index (χ4n) is 1.83. The van der Waals surface area contributed by atoms with Gasteiger partial charge in [0.2, 0.25) is 5.91 Å². The van der Waals surface area contributed by atoms with Gasteiger partial charge in [-0.1, -0.05) is 30.3 Å². The maximum atomic E-state index is 11.8. The molecule has 1 fully saturated rings. The van der Waals surface area contributed by atoms with Crippen LogP contribution in [0, 0.1) is 5.41 Å². The number of carbonyl (C=O) groups is 1. The number of nitrogens with two attached hydrogens (primary N) is 1. The number of benzene rings is 1. The van der Waals surface area contributed by atoms with Gasteiger partial charge in [0.25, 0.3) is 0 Å². The largest absolute Gasteiger partial charge is 0.355 e. The van der Waals surface area contributed by atoms with Crippen molar-refractivity contribution in [2.24, 2.45) is 11.1 Å². The molecular formula is C13H18N2O. The van der Waals surface area contributed by atoms with Gasteiger partial charge in [0.1, 0.15) is 0 Å². The zero-order valence-electron chi connectivity index (χ0n) is 9.41. The highest BCUT2D eigenvalue weighted by atomic mass is 16.2. The van der Waals surface area contributed by atoms with Crippen LogP contribution in [0.25, 0.3) is 0 Å². The third kappa shape index (κ3) is 2.42. The van der Waals surface area contributed by atoms with Gasteiger partial charge < -0.3 is 11.1 Å². The Labute approximate surface area is 96.0 Å². The summed E-state index contributed by atoms with van der Waals surface area (Å²) >= 11 is 0. The first-order chi connectivity index (χ1) is 7.77. The van der Waals surface area contributed by atoms with Crippen LogP contribution in [0.1, 0.15) is 18.4 Å². The lowest BCUT2D eigenvalue weighted by atomic mass is 10.1. The number of rotatable bonds is 5. The summed E-state index contributed by atoms with van der Waals surface area (Å²) in [7, 11) is 0. The van der Waals surface area contributed by atoms with Crippen molar-refractivity contribution in [2.75, 3.05) is 13.1 Å². The molecule has 16 heavy (non-hydrogen) atoms. The van der Waals surface area contributed by atoms with E-state index in [4.69, 9.17) is 5.73 Å². The summed E-state index contributed by atoms with van der Waals surface area (Å²) in [6, 6.07) is 10.2. The standard InChI is InChI=1S/C13H18N2O/c14-10-13(7-8-13)12(16)15-9-6-11-4-2-1-3-5-11/h1-5H,6-10,14H2,(H,15,16). The molecule has 1 amide bonds. The Morgan fingerprint density at radius 3 is 2.56 bits per heavy atom. The normalized spacial score (nSPS) is 16.8. The molecule has 1 aromatic carbocycles. The Balaban J connectivity index is 1.75. The van der Waals surface area contributed by atoms with E-state index >= 15 is 0 Å². The fraction of sp³-hybridized carbons (Fsp3) is 0.462. The maximum Gasteiger partial charge on any atom is 0.227 e. The highest BCUT2D eigenvalue weighted by Gasteiger charge is 2.48. The van der Waals surface area contributed by atoms with Crippen molar-refractivity contribution in [1.82, 2.24) is 5.32 Å². The van der Waals surface area contributed by atoms with Crippen molar-refractivity contribution in [3.8, 4) is 0 Å². The molecule has 0 radical (unpaired) electrons. The Hall–Kier alpha value is -1.35. The molecule has 2 rings (SSSR count). The summed E-state index contributed by atoms with van der Waals surface area (Å²) in [6.07, 6.45) is 2.77. The molecule has 3 nitrogen and oxygen atoms in total. The number of nitrogens with one attached hydrogen (secondary N) is 1. The summed E-state index contributed by atoms with van der Waals surface area (Å²) in [5.41, 5.74) is 6.62. The van der Waals surface area contributed by atoms with Gasteiger partial charge >= 0.3 is 0 Å². The first-order valence-electron chi connectivity index (χ1n) is 5.79. The van der Waals surface area contributed by atoms with E-state index < -0.39 is 0 Å². The molecule has 1 saturated carbocycles. The van der Waals surface area contributed by atoms with E-state index in [0.717, 1.165) is 19.3 Å². The SMILES string of the molecule is NCC1(C(=O)NCCc2ccccc2)CC1. The number of carbonyl (C=O) groups excluding carboxylic acids is 1. The molecule has 1 aliphatic carbocycles. The highest BCUT2D eigenvalue weighted by molar-refractivity contribution is 5.85. The molecule has 0 unspecified atom stereocenters. The van der Waals surface area contributed by atoms with Crippen LogP contribution in [0.2, 0.25) is 0 Å². The molecule has 3 heteroatoms. The quantitative estimate of drug-likeness (QED) is 0.777. The third-order valence-electron chi connectivity index (χ3n) is 3.27. The van der Waals surface area contributed by atoms with Crippen molar-refractivity contribution in [2.45, 2.75) is 19.3 Å². The minimum absolute atomic E-state index is 0.130. The van der Waals surface area contributed by atoms with Gasteiger partial charge in [-0.2, -0.15) is 0 Å². The van der Waals surface area contributed by atoms with Crippen molar-refractivity contribution in [3.05, 3.63) is 35.9 Å². The van der Waals surface area contributed by atoms with Crippen molar-refractivity contribution < 1.29 is 4.79 Å². The van der Waals surface area contributed by atoms with Gasteiger partial charge in [-0.3, -0.25) is 4.79 Å². The Morgan fingerprint density at radius 1 is 1.31 bits per heavy atom. The van der Waals surface area contributed by atoms with Crippen LogP contribution in [-0.4, -0.2) is 19.0 Å². The summed E-state index contributed by atoms with van der Waals surface area (Å²) in [5.74, 6) is 0.130. The third-order valence-corrected chi connectivity index (χ3v) is 3.27. The lowest BCUT2D eigenvalue weighted by Gasteiger charge is -2.12. The molecule has 3 N–H and O–H groups in total. The van der Waals surface area contributed by atoms with Crippen molar-refractivity contribution >= 4 is 5.91 Å². The van der Waals surface area contributed by atoms with Gasteiger partial charge in [0.05, 0.1) is 5.41 Å². The molecule has 0 saturated heterocycles. The molecular weight excluding hydrogens is 200 g/mol. The van der Waals surface area contributed by atoms with E-state index in [2.05, 4.69) is 17.4 Å². The fourth-order valence-corrected chi connectivity index (χ4v) is 1.83. The number of hydrogen-bond donors (Lipinski definition) is 2. The second-order valence-corrected chi connectivity index (χ2v) is 4.48. The van der Waals surface area contributed by atoms with E-state index in [1.807, 2.05) is 18.2 Å². The lowest BCUT2D eigenvalue weighted by Crippen LogP contribution is -2.37. The van der Waals surface area contributed by atoms with E-state index in [9.17, 15) is 4.79 Å². The zero-order valence-corrected chi connectivity index (χ0v) is 9.41. The van der Waals surface area contributed by atoms with Crippen LogP contribution < -0.4 is 11.1 Å².